The van der Waals surface area contributed by atoms with Gasteiger partial charge in [-0.1, -0.05) is 6.92 Å². The molecule has 0 bridgehead atoms. The molecule has 1 fully saturated rings. The van der Waals surface area contributed by atoms with E-state index in [9.17, 15) is 17.2 Å². The van der Waals surface area contributed by atoms with Crippen LogP contribution in [0.1, 0.15) is 19.8 Å². The molecule has 1 aromatic carbocycles. The zero-order chi connectivity index (χ0) is 15.8. The number of halogens is 3. The molecule has 0 aliphatic carbocycles. The maximum atomic E-state index is 14.0. The molecule has 0 aromatic heterocycles. The Kier molecular flexibility index (Phi) is 5.02. The highest BCUT2D eigenvalue weighted by Crippen LogP contribution is 2.33. The lowest BCUT2D eigenvalue weighted by atomic mass is 9.94. The quantitative estimate of drug-likeness (QED) is 0.873. The van der Waals surface area contributed by atoms with Crippen molar-refractivity contribution < 1.29 is 17.2 Å². The molecule has 1 aliphatic rings. The molecule has 1 saturated heterocycles. The minimum atomic E-state index is -4.06. The fourth-order valence-electron chi connectivity index (χ4n) is 2.65. The van der Waals surface area contributed by atoms with Crippen LogP contribution in [0.4, 0.5) is 8.78 Å². The van der Waals surface area contributed by atoms with Gasteiger partial charge in [-0.05, 0) is 40.8 Å². The second-order valence-corrected chi connectivity index (χ2v) is 8.02. The first-order valence-corrected chi connectivity index (χ1v) is 8.87. The van der Waals surface area contributed by atoms with Gasteiger partial charge < -0.3 is 5.73 Å². The molecule has 21 heavy (non-hydrogen) atoms. The number of rotatable bonds is 3. The minimum Gasteiger partial charge on any atom is -0.329 e. The van der Waals surface area contributed by atoms with E-state index in [1.165, 1.54) is 4.31 Å². The third kappa shape index (κ3) is 3.28. The lowest BCUT2D eigenvalue weighted by molar-refractivity contribution is 0.210. The first kappa shape index (κ1) is 16.8. The lowest BCUT2D eigenvalue weighted by Crippen LogP contribution is -2.49. The van der Waals surface area contributed by atoms with Gasteiger partial charge in [0, 0.05) is 29.7 Å². The second-order valence-electron chi connectivity index (χ2n) is 5.33. The summed E-state index contributed by atoms with van der Waals surface area (Å²) in [5.74, 6) is -1.57. The summed E-state index contributed by atoms with van der Waals surface area (Å²) < 4.78 is 53.6. The van der Waals surface area contributed by atoms with Crippen LogP contribution in [0.5, 0.6) is 0 Å². The summed E-state index contributed by atoms with van der Waals surface area (Å²) in [6.07, 6.45) is 1.33. The van der Waals surface area contributed by atoms with Crippen molar-refractivity contribution in [1.82, 2.24) is 4.31 Å². The van der Waals surface area contributed by atoms with Gasteiger partial charge >= 0.3 is 0 Å². The average molecular weight is 383 g/mol. The van der Waals surface area contributed by atoms with Crippen molar-refractivity contribution in [2.24, 2.45) is 11.7 Å². The first-order valence-electron chi connectivity index (χ1n) is 6.63. The summed E-state index contributed by atoms with van der Waals surface area (Å²) in [5, 5.41) is 0. The second kappa shape index (κ2) is 6.28. The van der Waals surface area contributed by atoms with Crippen LogP contribution < -0.4 is 5.73 Å². The largest absolute Gasteiger partial charge is 0.329 e. The van der Waals surface area contributed by atoms with Crippen molar-refractivity contribution in [2.75, 3.05) is 13.1 Å². The Labute approximate surface area is 131 Å². The smallest absolute Gasteiger partial charge is 0.247 e. The van der Waals surface area contributed by atoms with E-state index < -0.39 is 26.6 Å². The maximum Gasteiger partial charge on any atom is 0.247 e. The number of nitrogens with zero attached hydrogens (tertiary/aromatic N) is 1. The van der Waals surface area contributed by atoms with E-state index in [0.717, 1.165) is 6.07 Å². The van der Waals surface area contributed by atoms with Crippen molar-refractivity contribution in [2.45, 2.75) is 30.7 Å². The van der Waals surface area contributed by atoms with Crippen molar-refractivity contribution in [3.63, 3.8) is 0 Å². The van der Waals surface area contributed by atoms with E-state index in [2.05, 4.69) is 15.9 Å². The summed E-state index contributed by atoms with van der Waals surface area (Å²) in [6.45, 7) is 2.49. The number of benzene rings is 1. The third-order valence-corrected chi connectivity index (χ3v) is 6.64. The van der Waals surface area contributed by atoms with Crippen LogP contribution in [-0.4, -0.2) is 31.9 Å². The minimum absolute atomic E-state index is 0.116. The normalized spacial score (nSPS) is 24.2. The zero-order valence-corrected chi connectivity index (χ0v) is 13.9. The Hall–Kier alpha value is -0.570. The monoisotopic (exact) mass is 382 g/mol. The number of hydrogen-bond acceptors (Lipinski definition) is 3. The molecule has 118 valence electrons. The topological polar surface area (TPSA) is 63.4 Å². The molecule has 0 saturated carbocycles. The highest BCUT2D eigenvalue weighted by molar-refractivity contribution is 9.10. The van der Waals surface area contributed by atoms with Gasteiger partial charge in [0.25, 0.3) is 0 Å². The van der Waals surface area contributed by atoms with Crippen LogP contribution in [0.3, 0.4) is 0 Å². The molecule has 4 nitrogen and oxygen atoms in total. The van der Waals surface area contributed by atoms with Gasteiger partial charge in [-0.15, -0.1) is 0 Å². The standard InChI is InChI=1S/C13H17BrF2N2O2S/c1-8-2-3-18(10(4-8)7-17)21(19,20)13-11(14)5-9(15)6-12(13)16/h5-6,8,10H,2-4,7,17H2,1H3. The van der Waals surface area contributed by atoms with E-state index in [1.54, 1.807) is 0 Å². The van der Waals surface area contributed by atoms with Gasteiger partial charge in [0.2, 0.25) is 10.0 Å². The van der Waals surface area contributed by atoms with Crippen LogP contribution in [0, 0.1) is 17.6 Å². The van der Waals surface area contributed by atoms with E-state index in [4.69, 9.17) is 5.73 Å². The first-order chi connectivity index (χ1) is 9.77. The predicted octanol–water partition coefficient (Wildman–Crippen LogP) is 2.48. The van der Waals surface area contributed by atoms with Gasteiger partial charge in [-0.25, -0.2) is 17.2 Å². The zero-order valence-electron chi connectivity index (χ0n) is 11.5. The summed E-state index contributed by atoms with van der Waals surface area (Å²) >= 11 is 2.94. The summed E-state index contributed by atoms with van der Waals surface area (Å²) in [7, 11) is -4.06. The average Bonchev–Trinajstić information content (AvgIpc) is 2.36. The summed E-state index contributed by atoms with van der Waals surface area (Å²) in [4.78, 5) is -0.531. The van der Waals surface area contributed by atoms with Gasteiger partial charge in [-0.2, -0.15) is 4.31 Å². The molecule has 0 radical (unpaired) electrons. The van der Waals surface area contributed by atoms with Crippen LogP contribution >= 0.6 is 15.9 Å². The molecule has 1 heterocycles. The summed E-state index contributed by atoms with van der Waals surface area (Å²) in [6, 6.07) is 1.15. The van der Waals surface area contributed by atoms with Crippen molar-refractivity contribution in [3.8, 4) is 0 Å². The number of piperidine rings is 1. The molecule has 1 aromatic rings. The van der Waals surface area contributed by atoms with E-state index in [1.807, 2.05) is 6.92 Å². The van der Waals surface area contributed by atoms with Crippen molar-refractivity contribution in [3.05, 3.63) is 28.2 Å². The number of nitrogens with two attached hydrogens (primary N) is 1. The van der Waals surface area contributed by atoms with E-state index >= 15 is 0 Å². The highest BCUT2D eigenvalue weighted by Gasteiger charge is 2.37. The molecule has 2 N–H and O–H groups in total. The van der Waals surface area contributed by atoms with E-state index in [-0.39, 0.29) is 23.6 Å². The highest BCUT2D eigenvalue weighted by atomic mass is 79.9. The molecular formula is C13H17BrF2N2O2S. The molecule has 2 rings (SSSR count). The molecule has 1 aliphatic heterocycles. The van der Waals surface area contributed by atoms with Gasteiger partial charge in [0.05, 0.1) is 0 Å². The molecule has 2 unspecified atom stereocenters. The van der Waals surface area contributed by atoms with Crippen LogP contribution in [0.2, 0.25) is 0 Å². The van der Waals surface area contributed by atoms with Crippen molar-refractivity contribution >= 4 is 26.0 Å². The molecule has 8 heteroatoms. The fraction of sp³-hybridized carbons (Fsp3) is 0.538. The van der Waals surface area contributed by atoms with Gasteiger partial charge in [0.1, 0.15) is 16.5 Å². The molecule has 0 amide bonds. The van der Waals surface area contributed by atoms with Crippen LogP contribution in [0.25, 0.3) is 0 Å². The van der Waals surface area contributed by atoms with Gasteiger partial charge in [0.15, 0.2) is 0 Å². The molecule has 2 atom stereocenters. The Bertz CT molecular complexity index is 616. The van der Waals surface area contributed by atoms with Crippen LogP contribution in [-0.2, 0) is 10.0 Å². The Morgan fingerprint density at radius 3 is 2.67 bits per heavy atom. The van der Waals surface area contributed by atoms with Crippen molar-refractivity contribution in [1.29, 1.82) is 0 Å². The Morgan fingerprint density at radius 1 is 1.43 bits per heavy atom. The van der Waals surface area contributed by atoms with Gasteiger partial charge in [-0.3, -0.25) is 0 Å². The molecule has 0 spiro atoms. The van der Waals surface area contributed by atoms with Crippen LogP contribution in [0.15, 0.2) is 21.5 Å². The number of hydrogen-bond donors (Lipinski definition) is 1. The predicted molar refractivity (Wildman–Crippen MR) is 79.2 cm³/mol. The molecular weight excluding hydrogens is 366 g/mol. The number of sulfonamides is 1. The fourth-order valence-corrected chi connectivity index (χ4v) is 5.43. The third-order valence-electron chi connectivity index (χ3n) is 3.73. The Balaban J connectivity index is 2.47. The summed E-state index contributed by atoms with van der Waals surface area (Å²) in [5.41, 5.74) is 5.66. The maximum absolute atomic E-state index is 14.0. The SMILES string of the molecule is CC1CCN(S(=O)(=O)c2c(F)cc(F)cc2Br)C(CN)C1. The van der Waals surface area contributed by atoms with E-state index in [0.29, 0.717) is 24.8 Å². The lowest BCUT2D eigenvalue weighted by Gasteiger charge is -2.37. The Morgan fingerprint density at radius 2 is 2.10 bits per heavy atom.